The van der Waals surface area contributed by atoms with Gasteiger partial charge in [-0.15, -0.1) is 0 Å². The number of amides is 1. The Morgan fingerprint density at radius 2 is 2.40 bits per heavy atom. The second-order valence-electron chi connectivity index (χ2n) is 2.22. The molecule has 1 aliphatic heterocycles. The first-order valence-electron chi connectivity index (χ1n) is 3.04. The fourth-order valence-electron chi connectivity index (χ4n) is 0.892. The summed E-state index contributed by atoms with van der Waals surface area (Å²) in [5.74, 6) is 0.0523. The van der Waals surface area contributed by atoms with Gasteiger partial charge in [0, 0.05) is 6.54 Å². The Bertz CT molecular complexity index is 172. The highest BCUT2D eigenvalue weighted by molar-refractivity contribution is 5.81. The second-order valence-corrected chi connectivity index (χ2v) is 2.22. The lowest BCUT2D eigenvalue weighted by Crippen LogP contribution is -2.26. The van der Waals surface area contributed by atoms with E-state index in [-0.39, 0.29) is 17.9 Å². The summed E-state index contributed by atoms with van der Waals surface area (Å²) in [7, 11) is 0. The van der Waals surface area contributed by atoms with Crippen LogP contribution >= 0.6 is 0 Å². The number of aliphatic imine (C=N–C) groups is 1. The molecule has 0 spiro atoms. The first kappa shape index (κ1) is 6.85. The molecule has 0 bridgehead atoms. The van der Waals surface area contributed by atoms with Gasteiger partial charge in [-0.1, -0.05) is 0 Å². The zero-order valence-corrected chi connectivity index (χ0v) is 5.50. The first-order chi connectivity index (χ1) is 4.68. The Balaban J connectivity index is 2.46. The van der Waals surface area contributed by atoms with Gasteiger partial charge in [0.2, 0.25) is 5.91 Å². The molecule has 1 fully saturated rings. The standard InChI is InChI=1S/C5H10N4O/c6-5(7)9-3-1-4(10)8-2-3/h3H,1-2H2,(H,8,10)(H4,6,7,9). The van der Waals surface area contributed by atoms with E-state index >= 15 is 0 Å². The minimum absolute atomic E-state index is 0.00926. The Morgan fingerprint density at radius 3 is 2.80 bits per heavy atom. The third-order valence-electron chi connectivity index (χ3n) is 1.29. The van der Waals surface area contributed by atoms with E-state index in [9.17, 15) is 4.79 Å². The number of carbonyl (C=O) groups is 1. The van der Waals surface area contributed by atoms with Crippen LogP contribution in [0.2, 0.25) is 0 Å². The van der Waals surface area contributed by atoms with E-state index in [0.29, 0.717) is 13.0 Å². The van der Waals surface area contributed by atoms with Crippen LogP contribution in [-0.4, -0.2) is 24.5 Å². The van der Waals surface area contributed by atoms with Crippen LogP contribution in [0.4, 0.5) is 0 Å². The van der Waals surface area contributed by atoms with E-state index in [1.165, 1.54) is 0 Å². The summed E-state index contributed by atoms with van der Waals surface area (Å²) in [6, 6.07) is -0.0579. The van der Waals surface area contributed by atoms with Gasteiger partial charge >= 0.3 is 0 Å². The van der Waals surface area contributed by atoms with Crippen molar-refractivity contribution in [1.29, 1.82) is 0 Å². The van der Waals surface area contributed by atoms with E-state index in [1.54, 1.807) is 0 Å². The van der Waals surface area contributed by atoms with Gasteiger partial charge in [-0.25, -0.2) is 4.99 Å². The molecule has 0 aromatic heterocycles. The Hall–Kier alpha value is -1.26. The maximum atomic E-state index is 10.6. The molecule has 1 atom stereocenters. The summed E-state index contributed by atoms with van der Waals surface area (Å²) in [5.41, 5.74) is 10.2. The summed E-state index contributed by atoms with van der Waals surface area (Å²) in [6.45, 7) is 0.552. The largest absolute Gasteiger partial charge is 0.370 e. The summed E-state index contributed by atoms with van der Waals surface area (Å²) in [6.07, 6.45) is 0.401. The summed E-state index contributed by atoms with van der Waals surface area (Å²) < 4.78 is 0. The van der Waals surface area contributed by atoms with Crippen LogP contribution in [0.5, 0.6) is 0 Å². The molecule has 1 amide bonds. The Labute approximate surface area is 58.5 Å². The number of hydrogen-bond donors (Lipinski definition) is 3. The monoisotopic (exact) mass is 142 g/mol. The highest BCUT2D eigenvalue weighted by Crippen LogP contribution is 2.02. The van der Waals surface area contributed by atoms with Crippen LogP contribution in [0.25, 0.3) is 0 Å². The summed E-state index contributed by atoms with van der Waals surface area (Å²) in [4.78, 5) is 14.4. The molecule has 0 radical (unpaired) electrons. The molecule has 1 heterocycles. The zero-order chi connectivity index (χ0) is 7.56. The number of rotatable bonds is 1. The SMILES string of the molecule is NC(N)=NC1CNC(=O)C1. The normalized spacial score (nSPS) is 24.0. The van der Waals surface area contributed by atoms with Gasteiger partial charge in [-0.3, -0.25) is 4.79 Å². The molecular weight excluding hydrogens is 132 g/mol. The maximum absolute atomic E-state index is 10.6. The lowest BCUT2D eigenvalue weighted by Gasteiger charge is -1.98. The van der Waals surface area contributed by atoms with Crippen LogP contribution in [0.3, 0.4) is 0 Å². The fourth-order valence-corrected chi connectivity index (χ4v) is 0.892. The van der Waals surface area contributed by atoms with Crippen molar-refractivity contribution in [2.75, 3.05) is 6.54 Å². The highest BCUT2D eigenvalue weighted by atomic mass is 16.1. The van der Waals surface area contributed by atoms with Crippen LogP contribution < -0.4 is 16.8 Å². The summed E-state index contributed by atoms with van der Waals surface area (Å²) in [5, 5.41) is 2.62. The van der Waals surface area contributed by atoms with Crippen molar-refractivity contribution < 1.29 is 4.79 Å². The van der Waals surface area contributed by atoms with Crippen molar-refractivity contribution in [1.82, 2.24) is 5.32 Å². The predicted octanol–water partition coefficient (Wildman–Crippen LogP) is -1.85. The van der Waals surface area contributed by atoms with Gasteiger partial charge < -0.3 is 16.8 Å². The van der Waals surface area contributed by atoms with E-state index < -0.39 is 0 Å². The quantitative estimate of drug-likeness (QED) is 0.296. The second kappa shape index (κ2) is 2.55. The van der Waals surface area contributed by atoms with Crippen LogP contribution in [0.1, 0.15) is 6.42 Å². The average Bonchev–Trinajstić information content (AvgIpc) is 2.13. The number of hydrogen-bond acceptors (Lipinski definition) is 2. The van der Waals surface area contributed by atoms with E-state index in [2.05, 4.69) is 10.3 Å². The van der Waals surface area contributed by atoms with Crippen molar-refractivity contribution in [2.45, 2.75) is 12.5 Å². The molecule has 5 N–H and O–H groups in total. The van der Waals surface area contributed by atoms with Crippen molar-refractivity contribution in [3.8, 4) is 0 Å². The number of carbonyl (C=O) groups excluding carboxylic acids is 1. The Morgan fingerprint density at radius 1 is 1.70 bits per heavy atom. The van der Waals surface area contributed by atoms with Gasteiger partial charge in [0.25, 0.3) is 0 Å². The Kier molecular flexibility index (Phi) is 1.75. The van der Waals surface area contributed by atoms with Gasteiger partial charge in [-0.05, 0) is 0 Å². The molecule has 5 heteroatoms. The van der Waals surface area contributed by atoms with Crippen LogP contribution in [0.15, 0.2) is 4.99 Å². The first-order valence-corrected chi connectivity index (χ1v) is 3.04. The molecule has 1 aliphatic rings. The van der Waals surface area contributed by atoms with E-state index in [1.807, 2.05) is 0 Å². The smallest absolute Gasteiger partial charge is 0.222 e. The summed E-state index contributed by atoms with van der Waals surface area (Å²) >= 11 is 0. The number of nitrogens with two attached hydrogens (primary N) is 2. The molecule has 1 rings (SSSR count). The van der Waals surface area contributed by atoms with Crippen molar-refractivity contribution in [3.63, 3.8) is 0 Å². The highest BCUT2D eigenvalue weighted by Gasteiger charge is 2.20. The zero-order valence-electron chi connectivity index (χ0n) is 5.50. The van der Waals surface area contributed by atoms with Gasteiger partial charge in [0.05, 0.1) is 12.5 Å². The van der Waals surface area contributed by atoms with Crippen LogP contribution in [-0.2, 0) is 4.79 Å². The van der Waals surface area contributed by atoms with Crippen LogP contribution in [0, 0.1) is 0 Å². The number of nitrogens with one attached hydrogen (secondary N) is 1. The lowest BCUT2D eigenvalue weighted by molar-refractivity contribution is -0.119. The lowest BCUT2D eigenvalue weighted by atomic mass is 10.3. The minimum Gasteiger partial charge on any atom is -0.370 e. The molecule has 1 saturated heterocycles. The molecule has 0 saturated carbocycles. The van der Waals surface area contributed by atoms with Gasteiger partial charge in [-0.2, -0.15) is 0 Å². The average molecular weight is 142 g/mol. The molecule has 1 unspecified atom stereocenters. The maximum Gasteiger partial charge on any atom is 0.222 e. The third-order valence-corrected chi connectivity index (χ3v) is 1.29. The molecule has 10 heavy (non-hydrogen) atoms. The minimum atomic E-state index is -0.0579. The van der Waals surface area contributed by atoms with Crippen molar-refractivity contribution in [3.05, 3.63) is 0 Å². The van der Waals surface area contributed by atoms with Gasteiger partial charge in [0.1, 0.15) is 0 Å². The van der Waals surface area contributed by atoms with E-state index in [4.69, 9.17) is 11.5 Å². The van der Waals surface area contributed by atoms with Gasteiger partial charge in [0.15, 0.2) is 5.96 Å². The fraction of sp³-hybridized carbons (Fsp3) is 0.600. The third kappa shape index (κ3) is 1.61. The molecule has 56 valence electrons. The van der Waals surface area contributed by atoms with Crippen molar-refractivity contribution >= 4 is 11.9 Å². The molecule has 0 aromatic rings. The van der Waals surface area contributed by atoms with Crippen molar-refractivity contribution in [2.24, 2.45) is 16.5 Å². The molecule has 5 nitrogen and oxygen atoms in total. The molecule has 0 aromatic carbocycles. The topological polar surface area (TPSA) is 93.5 Å². The number of guanidine groups is 1. The van der Waals surface area contributed by atoms with E-state index in [0.717, 1.165) is 0 Å². The molecular formula is C5H10N4O. The predicted molar refractivity (Wildman–Crippen MR) is 37.2 cm³/mol. The molecule has 0 aliphatic carbocycles. The number of nitrogens with zero attached hydrogens (tertiary/aromatic N) is 1.